The van der Waals surface area contributed by atoms with Gasteiger partial charge in [-0.1, -0.05) is 65.2 Å². The Labute approximate surface area is 323 Å². The molecule has 4 rings (SSSR count). The van der Waals surface area contributed by atoms with Crippen molar-refractivity contribution >= 4 is 96.2 Å². The molecule has 0 saturated carbocycles. The number of benzene rings is 2. The molecule has 2 aromatic heterocycles. The number of unbranched alkanes of at least 4 members (excludes halogenated alkanes) is 18. The first-order valence-corrected chi connectivity index (χ1v) is 42.4. The van der Waals surface area contributed by atoms with Gasteiger partial charge < -0.3 is 0 Å². The van der Waals surface area contributed by atoms with Gasteiger partial charge in [-0.15, -0.1) is 0 Å². The Morgan fingerprint density at radius 2 is 0.720 bits per heavy atom. The van der Waals surface area contributed by atoms with E-state index in [9.17, 15) is 0 Å². The molecule has 0 N–H and O–H groups in total. The Bertz CT molecular complexity index is 1450. The Morgan fingerprint density at radius 3 is 1.02 bits per heavy atom. The van der Waals surface area contributed by atoms with E-state index in [0.29, 0.717) is 0 Å². The van der Waals surface area contributed by atoms with Crippen LogP contribution in [0.3, 0.4) is 0 Å². The van der Waals surface area contributed by atoms with E-state index < -0.39 is 36.8 Å². The topological polar surface area (TPSA) is 18.5 Å². The summed E-state index contributed by atoms with van der Waals surface area (Å²) in [5.74, 6) is 2.25. The van der Waals surface area contributed by atoms with Gasteiger partial charge in [0.15, 0.2) is 0 Å². The third kappa shape index (κ3) is 13.0. The van der Waals surface area contributed by atoms with E-state index in [-0.39, 0.29) is 0 Å². The SMILES string of the molecule is CCCCCCCCCCCCOc1c2cc3c[c]([Sn]([CH3])([CH3])[CH3])sc3c(OCCCCCCCCCCCC)c2cc2c[c]([Sn]([CH3])([CH3])[CH3])sc12. The van der Waals surface area contributed by atoms with Crippen molar-refractivity contribution in [1.29, 1.82) is 0 Å². The van der Waals surface area contributed by atoms with E-state index in [0.717, 1.165) is 37.6 Å². The Morgan fingerprint density at radius 1 is 0.420 bits per heavy atom. The van der Waals surface area contributed by atoms with Gasteiger partial charge in [-0.25, -0.2) is 0 Å². The first-order chi connectivity index (χ1) is 24.0. The van der Waals surface area contributed by atoms with Crippen LogP contribution in [0.1, 0.15) is 142 Å². The summed E-state index contributed by atoms with van der Waals surface area (Å²) in [6.45, 7) is 6.21. The quantitative estimate of drug-likeness (QED) is 0.0461. The normalized spacial score (nSPS) is 12.6. The molecule has 6 heteroatoms. The van der Waals surface area contributed by atoms with Crippen molar-refractivity contribution in [3.8, 4) is 11.5 Å². The van der Waals surface area contributed by atoms with Crippen LogP contribution in [0.2, 0.25) is 29.6 Å². The summed E-state index contributed by atoms with van der Waals surface area (Å²) in [6.07, 6.45) is 26.9. The van der Waals surface area contributed by atoms with Crippen molar-refractivity contribution < 1.29 is 9.47 Å². The fraction of sp³-hybridized carbons (Fsp3) is 0.682. The molecule has 0 aliphatic heterocycles. The number of ether oxygens (including phenoxy) is 2. The Balaban J connectivity index is 1.53. The summed E-state index contributed by atoms with van der Waals surface area (Å²) in [4.78, 5) is 15.3. The zero-order valence-electron chi connectivity index (χ0n) is 33.5. The summed E-state index contributed by atoms with van der Waals surface area (Å²) in [5.41, 5.74) is 0. The molecule has 0 unspecified atom stereocenters. The second-order valence-corrected chi connectivity index (χ2v) is 50.1. The van der Waals surface area contributed by atoms with Crippen LogP contribution in [0.5, 0.6) is 11.5 Å². The third-order valence-corrected chi connectivity index (χ3v) is 31.4. The summed E-state index contributed by atoms with van der Waals surface area (Å²) < 4.78 is 19.8. The van der Waals surface area contributed by atoms with Crippen LogP contribution in [0.15, 0.2) is 24.3 Å². The number of rotatable bonds is 26. The average Bonchev–Trinajstić information content (AvgIpc) is 3.71. The molecule has 0 atom stereocenters. The van der Waals surface area contributed by atoms with Crippen molar-refractivity contribution in [2.24, 2.45) is 0 Å². The predicted octanol–water partition coefficient (Wildman–Crippen LogP) is 15.0. The minimum absolute atomic E-state index is 0.802. The van der Waals surface area contributed by atoms with Crippen LogP contribution in [0.4, 0.5) is 0 Å². The molecule has 0 bridgehead atoms. The molecular formula is C44H72O2S2Sn2. The molecule has 0 aliphatic carbocycles. The van der Waals surface area contributed by atoms with E-state index in [2.05, 4.69) is 67.8 Å². The van der Waals surface area contributed by atoms with E-state index in [1.165, 1.54) is 147 Å². The number of fused-ring (bicyclic) bond motifs is 3. The molecule has 0 fully saturated rings. The van der Waals surface area contributed by atoms with Gasteiger partial charge >= 0.3 is 261 Å². The van der Waals surface area contributed by atoms with E-state index in [1.54, 1.807) is 5.79 Å². The van der Waals surface area contributed by atoms with Crippen LogP contribution in [-0.4, -0.2) is 50.0 Å². The van der Waals surface area contributed by atoms with Crippen molar-refractivity contribution in [3.63, 3.8) is 0 Å². The number of hydrogen-bond acceptors (Lipinski definition) is 4. The standard InChI is InChI=1S/C38H54O2S2.6CH3.2Sn/c1-3-5-7-9-11-13-15-17-19-21-25-39-35-33-29-32-24-28-42-38(32)36(34(33)30-31-23-27-41-37(31)35)40-26-22-20-18-16-14-12-10-8-6-4-2;;;;;;;;/h23-24,29-30H,3-22,25-26H2,1-2H3;6*1H3;;. The van der Waals surface area contributed by atoms with Gasteiger partial charge in [0, 0.05) is 0 Å². The van der Waals surface area contributed by atoms with Crippen molar-refractivity contribution in [3.05, 3.63) is 24.3 Å². The van der Waals surface area contributed by atoms with E-state index in [4.69, 9.17) is 9.47 Å². The molecule has 2 nitrogen and oxygen atoms in total. The van der Waals surface area contributed by atoms with Crippen molar-refractivity contribution in [2.75, 3.05) is 13.2 Å². The number of hydrogen-bond donors (Lipinski definition) is 0. The zero-order valence-corrected chi connectivity index (χ0v) is 40.8. The van der Waals surface area contributed by atoms with Gasteiger partial charge in [-0.3, -0.25) is 0 Å². The second kappa shape index (κ2) is 21.6. The van der Waals surface area contributed by atoms with Gasteiger partial charge in [0.1, 0.15) is 0 Å². The minimum atomic E-state index is -2.27. The molecular weight excluding hydrogens is 862 g/mol. The van der Waals surface area contributed by atoms with Crippen molar-refractivity contribution in [2.45, 2.75) is 172 Å². The number of thiophene rings is 2. The summed E-state index contributed by atoms with van der Waals surface area (Å²) in [7, 11) is 0. The molecule has 2 heterocycles. The third-order valence-electron chi connectivity index (χ3n) is 10.3. The first kappa shape index (κ1) is 42.6. The predicted molar refractivity (Wildman–Crippen MR) is 235 cm³/mol. The molecule has 4 aromatic rings. The molecule has 0 spiro atoms. The molecule has 0 aliphatic rings. The average molecular weight is 935 g/mol. The first-order valence-electron chi connectivity index (χ1n) is 20.8. The fourth-order valence-corrected chi connectivity index (χ4v) is 19.8. The molecule has 0 amide bonds. The fourth-order valence-electron chi connectivity index (χ4n) is 7.02. The van der Waals surface area contributed by atoms with Crippen LogP contribution in [0, 0.1) is 0 Å². The van der Waals surface area contributed by atoms with Gasteiger partial charge in [0.05, 0.1) is 0 Å². The van der Waals surface area contributed by atoms with Crippen LogP contribution < -0.4 is 15.3 Å². The summed E-state index contributed by atoms with van der Waals surface area (Å²) in [5, 5.41) is 5.25. The maximum atomic E-state index is 6.91. The maximum absolute atomic E-state index is 6.91. The van der Waals surface area contributed by atoms with E-state index in [1.807, 2.05) is 22.7 Å². The van der Waals surface area contributed by atoms with Crippen molar-refractivity contribution in [1.82, 2.24) is 0 Å². The molecule has 2 aromatic carbocycles. The van der Waals surface area contributed by atoms with Crippen LogP contribution in [-0.2, 0) is 0 Å². The van der Waals surface area contributed by atoms with Gasteiger partial charge in [-0.05, 0) is 0 Å². The summed E-state index contributed by atoms with van der Waals surface area (Å²) >= 11 is -0.494. The second-order valence-electron chi connectivity index (χ2n) is 17.1. The van der Waals surface area contributed by atoms with Gasteiger partial charge in [0.2, 0.25) is 0 Å². The van der Waals surface area contributed by atoms with Gasteiger partial charge in [0.25, 0.3) is 0 Å². The molecule has 280 valence electrons. The monoisotopic (exact) mass is 936 g/mol. The molecule has 50 heavy (non-hydrogen) atoms. The van der Waals surface area contributed by atoms with Crippen LogP contribution >= 0.6 is 22.7 Å². The Kier molecular flexibility index (Phi) is 18.4. The van der Waals surface area contributed by atoms with E-state index >= 15 is 0 Å². The van der Waals surface area contributed by atoms with Crippen LogP contribution in [0.25, 0.3) is 30.9 Å². The zero-order chi connectivity index (χ0) is 36.0. The Hall–Kier alpha value is -0.183. The molecule has 0 radical (unpaired) electrons. The summed E-state index contributed by atoms with van der Waals surface area (Å²) in [6, 6.07) is 9.96. The van der Waals surface area contributed by atoms with Gasteiger partial charge in [-0.2, -0.15) is 0 Å². The molecule has 0 saturated heterocycles.